The van der Waals surface area contributed by atoms with Gasteiger partial charge >= 0.3 is 0 Å². The van der Waals surface area contributed by atoms with Crippen molar-refractivity contribution < 1.29 is 4.74 Å². The Balaban J connectivity index is 1.40. The maximum Gasteiger partial charge on any atom is 0.252 e. The number of nitrogens with one attached hydrogen (secondary N) is 1. The Morgan fingerprint density at radius 1 is 1.08 bits per heavy atom. The number of hydrogen-bond donors (Lipinski definition) is 1. The van der Waals surface area contributed by atoms with Crippen LogP contribution in [0.5, 0.6) is 0 Å². The van der Waals surface area contributed by atoms with Gasteiger partial charge in [-0.1, -0.05) is 48.5 Å². The Hall–Kier alpha value is -2.43. The lowest BCUT2D eigenvalue weighted by atomic mass is 10.1. The number of benzene rings is 2. The molecule has 1 fully saturated rings. The lowest BCUT2D eigenvalue weighted by Gasteiger charge is -2.33. The van der Waals surface area contributed by atoms with Crippen molar-refractivity contribution in [3.05, 3.63) is 82.1 Å². The summed E-state index contributed by atoms with van der Waals surface area (Å²) >= 11 is 0. The first-order valence-electron chi connectivity index (χ1n) is 9.27. The van der Waals surface area contributed by atoms with Crippen LogP contribution in [-0.2, 0) is 17.7 Å². The molecule has 4 nitrogen and oxygen atoms in total. The highest BCUT2D eigenvalue weighted by Crippen LogP contribution is 2.16. The van der Waals surface area contributed by atoms with Gasteiger partial charge in [0, 0.05) is 30.7 Å². The summed E-state index contributed by atoms with van der Waals surface area (Å²) in [4.78, 5) is 17.7. The zero-order valence-electron chi connectivity index (χ0n) is 14.9. The van der Waals surface area contributed by atoms with E-state index < -0.39 is 0 Å². The second-order valence-electron chi connectivity index (χ2n) is 6.96. The summed E-state index contributed by atoms with van der Waals surface area (Å²) in [6, 6.07) is 20.5. The first-order valence-corrected chi connectivity index (χ1v) is 9.27. The molecular weight excluding hydrogens is 324 g/mol. The highest BCUT2D eigenvalue weighted by atomic mass is 16.5. The number of rotatable bonds is 5. The van der Waals surface area contributed by atoms with Crippen LogP contribution < -0.4 is 5.56 Å². The molecule has 1 atom stereocenters. The fraction of sp³-hybridized carbons (Fsp3) is 0.318. The van der Waals surface area contributed by atoms with E-state index >= 15 is 0 Å². The third-order valence-electron chi connectivity index (χ3n) is 5.05. The maximum atomic E-state index is 12.4. The van der Waals surface area contributed by atoms with E-state index in [1.165, 1.54) is 5.56 Å². The molecule has 1 N–H and O–H groups in total. The fourth-order valence-corrected chi connectivity index (χ4v) is 3.62. The molecule has 1 aromatic heterocycles. The summed E-state index contributed by atoms with van der Waals surface area (Å²) in [6.45, 7) is 3.14. The summed E-state index contributed by atoms with van der Waals surface area (Å²) in [7, 11) is 0. The Morgan fingerprint density at radius 3 is 2.77 bits per heavy atom. The van der Waals surface area contributed by atoms with Crippen molar-refractivity contribution in [1.82, 2.24) is 9.88 Å². The molecule has 1 aliphatic rings. The number of ether oxygens (including phenoxy) is 1. The van der Waals surface area contributed by atoms with E-state index in [4.69, 9.17) is 4.74 Å². The lowest BCUT2D eigenvalue weighted by Crippen LogP contribution is -2.42. The van der Waals surface area contributed by atoms with E-state index in [0.717, 1.165) is 49.0 Å². The molecule has 2 heterocycles. The number of fused-ring (bicyclic) bond motifs is 1. The molecule has 0 unspecified atom stereocenters. The number of morpholine rings is 1. The number of hydrogen-bond acceptors (Lipinski definition) is 3. The van der Waals surface area contributed by atoms with Crippen molar-refractivity contribution in [2.24, 2.45) is 0 Å². The minimum absolute atomic E-state index is 0.0102. The number of H-pyrrole nitrogens is 1. The van der Waals surface area contributed by atoms with Crippen LogP contribution >= 0.6 is 0 Å². The molecule has 134 valence electrons. The van der Waals surface area contributed by atoms with Crippen molar-refractivity contribution in [3.63, 3.8) is 0 Å². The van der Waals surface area contributed by atoms with Crippen LogP contribution in [0.15, 0.2) is 65.5 Å². The average Bonchev–Trinajstić information content (AvgIpc) is 2.68. The van der Waals surface area contributed by atoms with Crippen LogP contribution in [-0.4, -0.2) is 35.7 Å². The summed E-state index contributed by atoms with van der Waals surface area (Å²) in [5.41, 5.74) is 3.08. The SMILES string of the molecule is O=c1[nH]c2ccccc2cc1CN1CCO[C@@H](CCc2ccccc2)C1. The third kappa shape index (κ3) is 4.03. The Morgan fingerprint density at radius 2 is 1.88 bits per heavy atom. The monoisotopic (exact) mass is 348 g/mol. The van der Waals surface area contributed by atoms with Gasteiger partial charge in [-0.05, 0) is 35.9 Å². The molecular formula is C22H24N2O2. The van der Waals surface area contributed by atoms with Crippen LogP contribution in [0.1, 0.15) is 17.5 Å². The van der Waals surface area contributed by atoms with Crippen molar-refractivity contribution in [2.75, 3.05) is 19.7 Å². The maximum absolute atomic E-state index is 12.4. The van der Waals surface area contributed by atoms with E-state index in [0.29, 0.717) is 6.54 Å². The summed E-state index contributed by atoms with van der Waals surface area (Å²) in [5, 5.41) is 1.08. The quantitative estimate of drug-likeness (QED) is 0.769. The van der Waals surface area contributed by atoms with Gasteiger partial charge in [0.05, 0.1) is 12.7 Å². The van der Waals surface area contributed by atoms with E-state index in [9.17, 15) is 4.79 Å². The van der Waals surface area contributed by atoms with Crippen LogP contribution in [0.4, 0.5) is 0 Å². The largest absolute Gasteiger partial charge is 0.376 e. The van der Waals surface area contributed by atoms with E-state index in [1.54, 1.807) is 0 Å². The van der Waals surface area contributed by atoms with Gasteiger partial charge in [-0.15, -0.1) is 0 Å². The molecule has 0 bridgehead atoms. The van der Waals surface area contributed by atoms with Gasteiger partial charge < -0.3 is 9.72 Å². The lowest BCUT2D eigenvalue weighted by molar-refractivity contribution is -0.0346. The second-order valence-corrected chi connectivity index (χ2v) is 6.96. The standard InChI is InChI=1S/C22H24N2O2/c25-22-19(14-18-8-4-5-9-21(18)23-22)15-24-12-13-26-20(16-24)11-10-17-6-2-1-3-7-17/h1-9,14,20H,10-13,15-16H2,(H,23,25)/t20-/m0/s1. The van der Waals surface area contributed by atoms with Crippen molar-refractivity contribution in [3.8, 4) is 0 Å². The predicted octanol–water partition coefficient (Wildman–Crippen LogP) is 3.36. The molecule has 0 radical (unpaired) electrons. The highest BCUT2D eigenvalue weighted by molar-refractivity contribution is 5.78. The van der Waals surface area contributed by atoms with Crippen LogP contribution in [0.2, 0.25) is 0 Å². The first-order chi connectivity index (χ1) is 12.8. The van der Waals surface area contributed by atoms with Gasteiger partial charge in [0.15, 0.2) is 0 Å². The summed E-state index contributed by atoms with van der Waals surface area (Å²) in [5.74, 6) is 0. The Bertz CT molecular complexity index is 920. The van der Waals surface area contributed by atoms with E-state index in [-0.39, 0.29) is 11.7 Å². The first kappa shape index (κ1) is 17.0. The van der Waals surface area contributed by atoms with E-state index in [1.807, 2.05) is 36.4 Å². The molecule has 4 heteroatoms. The fourth-order valence-electron chi connectivity index (χ4n) is 3.62. The van der Waals surface area contributed by atoms with Gasteiger partial charge in [-0.25, -0.2) is 0 Å². The molecule has 0 spiro atoms. The van der Waals surface area contributed by atoms with Gasteiger partial charge in [0.25, 0.3) is 5.56 Å². The molecule has 1 saturated heterocycles. The summed E-state index contributed by atoms with van der Waals surface area (Å²) in [6.07, 6.45) is 2.26. The molecule has 2 aromatic carbocycles. The molecule has 4 rings (SSSR count). The van der Waals surface area contributed by atoms with Gasteiger partial charge in [0.1, 0.15) is 0 Å². The zero-order chi connectivity index (χ0) is 17.8. The Kier molecular flexibility index (Phi) is 5.14. The minimum Gasteiger partial charge on any atom is -0.376 e. The third-order valence-corrected chi connectivity index (χ3v) is 5.05. The number of pyridine rings is 1. The number of aromatic amines is 1. The van der Waals surface area contributed by atoms with Crippen LogP contribution in [0.25, 0.3) is 10.9 Å². The van der Waals surface area contributed by atoms with E-state index in [2.05, 4.69) is 34.1 Å². The van der Waals surface area contributed by atoms with Crippen molar-refractivity contribution >= 4 is 10.9 Å². The summed E-state index contributed by atoms with van der Waals surface area (Å²) < 4.78 is 5.94. The van der Waals surface area contributed by atoms with Crippen molar-refractivity contribution in [1.29, 1.82) is 0 Å². The number of nitrogens with zero attached hydrogens (tertiary/aromatic N) is 1. The molecule has 0 amide bonds. The highest BCUT2D eigenvalue weighted by Gasteiger charge is 2.21. The Labute approximate surface area is 153 Å². The predicted molar refractivity (Wildman–Crippen MR) is 104 cm³/mol. The van der Waals surface area contributed by atoms with Gasteiger partial charge in [-0.3, -0.25) is 9.69 Å². The second kappa shape index (κ2) is 7.85. The zero-order valence-corrected chi connectivity index (χ0v) is 14.9. The molecule has 0 aliphatic carbocycles. The van der Waals surface area contributed by atoms with Gasteiger partial charge in [-0.2, -0.15) is 0 Å². The number of para-hydroxylation sites is 1. The van der Waals surface area contributed by atoms with Crippen LogP contribution in [0, 0.1) is 0 Å². The molecule has 26 heavy (non-hydrogen) atoms. The topological polar surface area (TPSA) is 45.3 Å². The van der Waals surface area contributed by atoms with Crippen LogP contribution in [0.3, 0.4) is 0 Å². The molecule has 0 saturated carbocycles. The minimum atomic E-state index is 0.0102. The smallest absolute Gasteiger partial charge is 0.252 e. The molecule has 3 aromatic rings. The normalized spacial score (nSPS) is 18.2. The van der Waals surface area contributed by atoms with Gasteiger partial charge in [0.2, 0.25) is 0 Å². The number of aromatic nitrogens is 1. The number of aryl methyl sites for hydroxylation is 1. The van der Waals surface area contributed by atoms with Crippen molar-refractivity contribution in [2.45, 2.75) is 25.5 Å². The average molecular weight is 348 g/mol. The molecule has 1 aliphatic heterocycles.